The molecule has 3 rings (SSSR count). The van der Waals surface area contributed by atoms with Crippen molar-refractivity contribution in [3.05, 3.63) is 77.3 Å². The summed E-state index contributed by atoms with van der Waals surface area (Å²) >= 11 is 5.93. The molecular weight excluding hydrogens is 352 g/mol. The molecule has 2 aromatic carbocycles. The zero-order valence-electron chi connectivity index (χ0n) is 14.3. The van der Waals surface area contributed by atoms with Crippen LogP contribution in [-0.4, -0.2) is 26.8 Å². The molecule has 7 heteroatoms. The molecule has 0 saturated carbocycles. The second kappa shape index (κ2) is 8.49. The number of nitrogens with one attached hydrogen (secondary N) is 1. The molecule has 134 valence electrons. The topological polar surface area (TPSA) is 69.0 Å². The Morgan fingerprint density at radius 3 is 2.77 bits per heavy atom. The Kier molecular flexibility index (Phi) is 5.86. The summed E-state index contributed by atoms with van der Waals surface area (Å²) in [4.78, 5) is 16.3. The number of hydrogen-bond acceptors (Lipinski definition) is 4. The molecule has 0 fully saturated rings. The molecule has 0 aliphatic rings. The highest BCUT2D eigenvalue weighted by molar-refractivity contribution is 6.30. The largest absolute Gasteiger partial charge is 0.481 e. The van der Waals surface area contributed by atoms with Crippen LogP contribution in [0.25, 0.3) is 0 Å². The van der Waals surface area contributed by atoms with Crippen molar-refractivity contribution in [3.63, 3.8) is 0 Å². The molecule has 1 amide bonds. The number of ether oxygens (including phenoxy) is 1. The van der Waals surface area contributed by atoms with Crippen molar-refractivity contribution in [2.45, 2.75) is 26.1 Å². The third-order valence-electron chi connectivity index (χ3n) is 3.85. The van der Waals surface area contributed by atoms with Gasteiger partial charge in [0.05, 0.1) is 6.54 Å². The Morgan fingerprint density at radius 2 is 2.04 bits per heavy atom. The van der Waals surface area contributed by atoms with Crippen LogP contribution >= 0.6 is 11.6 Å². The third-order valence-corrected chi connectivity index (χ3v) is 4.08. The zero-order valence-corrected chi connectivity index (χ0v) is 15.1. The van der Waals surface area contributed by atoms with E-state index >= 15 is 0 Å². The van der Waals surface area contributed by atoms with Gasteiger partial charge in [0.15, 0.2) is 6.10 Å². The lowest BCUT2D eigenvalue weighted by molar-refractivity contribution is -0.127. The summed E-state index contributed by atoms with van der Waals surface area (Å²) in [6, 6.07) is 14.9. The quantitative estimate of drug-likeness (QED) is 0.694. The molecule has 0 spiro atoms. The minimum atomic E-state index is -0.629. The SMILES string of the molecule is CC(Oc1cccc(Cl)c1)C(=O)NCc1ccccc1Cn1cncn1. The first kappa shape index (κ1) is 17.9. The lowest BCUT2D eigenvalue weighted by Crippen LogP contribution is -2.36. The van der Waals surface area contributed by atoms with Gasteiger partial charge < -0.3 is 10.1 Å². The molecule has 1 aromatic heterocycles. The van der Waals surface area contributed by atoms with Gasteiger partial charge >= 0.3 is 0 Å². The van der Waals surface area contributed by atoms with Crippen molar-refractivity contribution >= 4 is 17.5 Å². The summed E-state index contributed by atoms with van der Waals surface area (Å²) in [6.07, 6.45) is 2.53. The number of hydrogen-bond donors (Lipinski definition) is 1. The summed E-state index contributed by atoms with van der Waals surface area (Å²) in [5, 5.41) is 7.60. The molecular formula is C19H19ClN4O2. The Morgan fingerprint density at radius 1 is 1.23 bits per heavy atom. The molecule has 0 aliphatic carbocycles. The second-order valence-electron chi connectivity index (χ2n) is 5.80. The lowest BCUT2D eigenvalue weighted by atomic mass is 10.1. The highest BCUT2D eigenvalue weighted by atomic mass is 35.5. The van der Waals surface area contributed by atoms with Crippen molar-refractivity contribution in [1.82, 2.24) is 20.1 Å². The average molecular weight is 371 g/mol. The van der Waals surface area contributed by atoms with Crippen LogP contribution in [0.3, 0.4) is 0 Å². The highest BCUT2D eigenvalue weighted by Crippen LogP contribution is 2.18. The Bertz CT molecular complexity index is 867. The van der Waals surface area contributed by atoms with Gasteiger partial charge in [-0.1, -0.05) is 41.9 Å². The number of nitrogens with zero attached hydrogens (tertiary/aromatic N) is 3. The van der Waals surface area contributed by atoms with Gasteiger partial charge in [0.25, 0.3) is 5.91 Å². The van der Waals surface area contributed by atoms with Crippen LogP contribution in [-0.2, 0) is 17.9 Å². The van der Waals surface area contributed by atoms with Gasteiger partial charge in [-0.2, -0.15) is 5.10 Å². The third kappa shape index (κ3) is 4.83. The molecule has 3 aromatic rings. The molecule has 1 unspecified atom stereocenters. The maximum absolute atomic E-state index is 12.3. The van der Waals surface area contributed by atoms with Crippen molar-refractivity contribution < 1.29 is 9.53 Å². The van der Waals surface area contributed by atoms with Gasteiger partial charge in [-0.3, -0.25) is 4.79 Å². The predicted octanol–water partition coefficient (Wildman–Crippen LogP) is 3.06. The normalized spacial score (nSPS) is 11.8. The molecule has 0 radical (unpaired) electrons. The lowest BCUT2D eigenvalue weighted by Gasteiger charge is -2.16. The van der Waals surface area contributed by atoms with Crippen LogP contribution in [0.4, 0.5) is 0 Å². The van der Waals surface area contributed by atoms with E-state index < -0.39 is 6.10 Å². The maximum atomic E-state index is 12.3. The number of carbonyl (C=O) groups excluding carboxylic acids is 1. The van der Waals surface area contributed by atoms with E-state index in [1.807, 2.05) is 24.3 Å². The molecule has 26 heavy (non-hydrogen) atoms. The molecule has 1 N–H and O–H groups in total. The minimum Gasteiger partial charge on any atom is -0.481 e. The van der Waals surface area contributed by atoms with Crippen molar-refractivity contribution in [3.8, 4) is 5.75 Å². The molecule has 1 heterocycles. The van der Waals surface area contributed by atoms with Crippen LogP contribution in [0.5, 0.6) is 5.75 Å². The van der Waals surface area contributed by atoms with Gasteiger partial charge in [0.1, 0.15) is 18.4 Å². The summed E-state index contributed by atoms with van der Waals surface area (Å²) in [5.74, 6) is 0.368. The maximum Gasteiger partial charge on any atom is 0.261 e. The Labute approximate surface area is 156 Å². The fourth-order valence-corrected chi connectivity index (χ4v) is 2.68. The molecule has 0 saturated heterocycles. The van der Waals surface area contributed by atoms with Crippen LogP contribution in [0, 0.1) is 0 Å². The number of aromatic nitrogens is 3. The van der Waals surface area contributed by atoms with Crippen LogP contribution in [0.1, 0.15) is 18.1 Å². The van der Waals surface area contributed by atoms with E-state index in [4.69, 9.17) is 16.3 Å². The highest BCUT2D eigenvalue weighted by Gasteiger charge is 2.15. The predicted molar refractivity (Wildman–Crippen MR) is 99.0 cm³/mol. The first-order valence-electron chi connectivity index (χ1n) is 8.21. The fraction of sp³-hybridized carbons (Fsp3) is 0.211. The number of carbonyl (C=O) groups is 1. The van der Waals surface area contributed by atoms with Crippen LogP contribution in [0.2, 0.25) is 5.02 Å². The van der Waals surface area contributed by atoms with Crippen molar-refractivity contribution in [1.29, 1.82) is 0 Å². The molecule has 1 atom stereocenters. The van der Waals surface area contributed by atoms with E-state index in [0.717, 1.165) is 11.1 Å². The molecule has 0 bridgehead atoms. The fourth-order valence-electron chi connectivity index (χ4n) is 2.50. The summed E-state index contributed by atoms with van der Waals surface area (Å²) in [5.41, 5.74) is 2.09. The summed E-state index contributed by atoms with van der Waals surface area (Å²) in [6.45, 7) is 2.71. The van der Waals surface area contributed by atoms with E-state index in [1.165, 1.54) is 6.33 Å². The van der Waals surface area contributed by atoms with Gasteiger partial charge in [-0.05, 0) is 36.2 Å². The smallest absolute Gasteiger partial charge is 0.261 e. The number of amides is 1. The Balaban J connectivity index is 1.59. The van der Waals surface area contributed by atoms with Gasteiger partial charge in [-0.25, -0.2) is 9.67 Å². The molecule has 0 aliphatic heterocycles. The monoisotopic (exact) mass is 370 g/mol. The molecule has 6 nitrogen and oxygen atoms in total. The van der Waals surface area contributed by atoms with Crippen molar-refractivity contribution in [2.75, 3.05) is 0 Å². The van der Waals surface area contributed by atoms with E-state index in [-0.39, 0.29) is 5.91 Å². The second-order valence-corrected chi connectivity index (χ2v) is 6.23. The van der Waals surface area contributed by atoms with E-state index in [0.29, 0.717) is 23.9 Å². The first-order chi connectivity index (χ1) is 12.6. The van der Waals surface area contributed by atoms with Gasteiger partial charge in [0.2, 0.25) is 0 Å². The first-order valence-corrected chi connectivity index (χ1v) is 8.59. The van der Waals surface area contributed by atoms with Gasteiger partial charge in [0, 0.05) is 11.6 Å². The average Bonchev–Trinajstić information content (AvgIpc) is 3.14. The van der Waals surface area contributed by atoms with E-state index in [2.05, 4.69) is 15.4 Å². The Hall–Kier alpha value is -2.86. The van der Waals surface area contributed by atoms with E-state index in [1.54, 1.807) is 42.2 Å². The summed E-state index contributed by atoms with van der Waals surface area (Å²) < 4.78 is 7.38. The minimum absolute atomic E-state index is 0.194. The van der Waals surface area contributed by atoms with Crippen LogP contribution < -0.4 is 10.1 Å². The number of benzene rings is 2. The standard InChI is InChI=1S/C19H19ClN4O2/c1-14(26-18-8-4-7-17(20)9-18)19(25)22-10-15-5-2-3-6-16(15)11-24-13-21-12-23-24/h2-9,12-14H,10-11H2,1H3,(H,22,25). The zero-order chi connectivity index (χ0) is 18.4. The number of rotatable bonds is 7. The van der Waals surface area contributed by atoms with Crippen molar-refractivity contribution in [2.24, 2.45) is 0 Å². The number of halogens is 1. The van der Waals surface area contributed by atoms with Crippen LogP contribution in [0.15, 0.2) is 61.2 Å². The summed E-state index contributed by atoms with van der Waals surface area (Å²) in [7, 11) is 0. The van der Waals surface area contributed by atoms with E-state index in [9.17, 15) is 4.79 Å². The van der Waals surface area contributed by atoms with Gasteiger partial charge in [-0.15, -0.1) is 0 Å².